The molecule has 6 nitrogen and oxygen atoms in total. The molecule has 128 valence electrons. The van der Waals surface area contributed by atoms with Gasteiger partial charge in [-0.3, -0.25) is 4.90 Å². The number of nitrogens with one attached hydrogen (secondary N) is 1. The number of nitrogens with zero attached hydrogens (tertiary/aromatic N) is 3. The van der Waals surface area contributed by atoms with Crippen LogP contribution in [0.25, 0.3) is 0 Å². The Morgan fingerprint density at radius 1 is 1.38 bits per heavy atom. The summed E-state index contributed by atoms with van der Waals surface area (Å²) < 4.78 is 10.6. The quantitative estimate of drug-likeness (QED) is 0.906. The normalized spacial score (nSPS) is 20.8. The monoisotopic (exact) mass is 328 g/mol. The highest BCUT2D eigenvalue weighted by atomic mass is 16.5. The van der Waals surface area contributed by atoms with Crippen LogP contribution in [0.5, 0.6) is 5.75 Å². The van der Waals surface area contributed by atoms with E-state index in [0.29, 0.717) is 11.9 Å². The number of aryl methyl sites for hydroxylation is 1. The first kappa shape index (κ1) is 15.6. The Labute approximate surface area is 142 Å². The highest BCUT2D eigenvalue weighted by Crippen LogP contribution is 2.26. The molecule has 2 aliphatic rings. The Bertz CT molecular complexity index is 700. The Balaban J connectivity index is 1.30. The van der Waals surface area contributed by atoms with E-state index in [2.05, 4.69) is 38.6 Å². The molecule has 1 N–H and O–H groups in total. The van der Waals surface area contributed by atoms with Crippen molar-refractivity contribution in [2.75, 3.05) is 19.7 Å². The molecule has 0 amide bonds. The van der Waals surface area contributed by atoms with Crippen molar-refractivity contribution in [2.24, 2.45) is 0 Å². The van der Waals surface area contributed by atoms with E-state index in [9.17, 15) is 0 Å². The molecule has 1 fully saturated rings. The number of aromatic nitrogens is 2. The second-order valence-corrected chi connectivity index (χ2v) is 6.73. The standard InChI is InChI=1S/C18H24N4O2/c1-13-20-18(21-24-13)12-22-7-2-3-16(11-22)19-10-14-4-5-17-15(9-14)6-8-23-17/h4-5,9,16,19H,2-3,6-8,10-12H2,1H3. The summed E-state index contributed by atoms with van der Waals surface area (Å²) in [6.07, 6.45) is 3.45. The second kappa shape index (κ2) is 6.91. The third-order valence-electron chi connectivity index (χ3n) is 4.79. The zero-order valence-electron chi connectivity index (χ0n) is 14.1. The van der Waals surface area contributed by atoms with E-state index in [4.69, 9.17) is 9.26 Å². The molecule has 24 heavy (non-hydrogen) atoms. The number of benzene rings is 1. The Morgan fingerprint density at radius 2 is 2.33 bits per heavy atom. The van der Waals surface area contributed by atoms with Crippen molar-refractivity contribution in [3.8, 4) is 5.75 Å². The molecule has 6 heteroatoms. The summed E-state index contributed by atoms with van der Waals surface area (Å²) in [4.78, 5) is 6.71. The fraction of sp³-hybridized carbons (Fsp3) is 0.556. The van der Waals surface area contributed by atoms with Crippen molar-refractivity contribution in [3.63, 3.8) is 0 Å². The van der Waals surface area contributed by atoms with Gasteiger partial charge in [0.2, 0.25) is 5.89 Å². The van der Waals surface area contributed by atoms with Crippen molar-refractivity contribution < 1.29 is 9.26 Å². The molecule has 0 aliphatic carbocycles. The molecule has 0 saturated carbocycles. The van der Waals surface area contributed by atoms with Crippen LogP contribution >= 0.6 is 0 Å². The van der Waals surface area contributed by atoms with Gasteiger partial charge in [-0.1, -0.05) is 17.3 Å². The third-order valence-corrected chi connectivity index (χ3v) is 4.79. The van der Waals surface area contributed by atoms with E-state index >= 15 is 0 Å². The van der Waals surface area contributed by atoms with Crippen LogP contribution in [-0.2, 0) is 19.5 Å². The van der Waals surface area contributed by atoms with Gasteiger partial charge in [-0.05, 0) is 36.6 Å². The molecule has 1 saturated heterocycles. The van der Waals surface area contributed by atoms with E-state index in [1.807, 2.05) is 6.92 Å². The number of hydrogen-bond acceptors (Lipinski definition) is 6. The van der Waals surface area contributed by atoms with Gasteiger partial charge in [0, 0.05) is 32.5 Å². The first-order chi connectivity index (χ1) is 11.8. The zero-order chi connectivity index (χ0) is 16.4. The van der Waals surface area contributed by atoms with Crippen LogP contribution in [0.2, 0.25) is 0 Å². The summed E-state index contributed by atoms with van der Waals surface area (Å²) in [5.74, 6) is 2.47. The van der Waals surface area contributed by atoms with Gasteiger partial charge in [0.05, 0.1) is 13.2 Å². The van der Waals surface area contributed by atoms with E-state index in [1.165, 1.54) is 24.0 Å². The van der Waals surface area contributed by atoms with Crippen molar-refractivity contribution in [3.05, 3.63) is 41.0 Å². The van der Waals surface area contributed by atoms with Gasteiger partial charge >= 0.3 is 0 Å². The van der Waals surface area contributed by atoms with Gasteiger partial charge in [-0.15, -0.1) is 0 Å². The van der Waals surface area contributed by atoms with Crippen LogP contribution in [0.4, 0.5) is 0 Å². The maximum Gasteiger partial charge on any atom is 0.223 e. The number of likely N-dealkylation sites (tertiary alicyclic amines) is 1. The average molecular weight is 328 g/mol. The fourth-order valence-corrected chi connectivity index (χ4v) is 3.58. The zero-order valence-corrected chi connectivity index (χ0v) is 14.1. The predicted molar refractivity (Wildman–Crippen MR) is 89.8 cm³/mol. The van der Waals surface area contributed by atoms with Crippen LogP contribution in [0, 0.1) is 6.92 Å². The maximum absolute atomic E-state index is 5.57. The van der Waals surface area contributed by atoms with Gasteiger partial charge in [0.25, 0.3) is 0 Å². The highest BCUT2D eigenvalue weighted by molar-refractivity contribution is 5.39. The average Bonchev–Trinajstić information content (AvgIpc) is 3.21. The summed E-state index contributed by atoms with van der Waals surface area (Å²) in [5, 5.41) is 7.71. The first-order valence-corrected chi connectivity index (χ1v) is 8.76. The van der Waals surface area contributed by atoms with E-state index in [1.54, 1.807) is 0 Å². The van der Waals surface area contributed by atoms with Gasteiger partial charge in [-0.2, -0.15) is 4.98 Å². The molecule has 1 atom stereocenters. The maximum atomic E-state index is 5.57. The number of rotatable bonds is 5. The molecule has 1 aromatic carbocycles. The van der Waals surface area contributed by atoms with Gasteiger partial charge < -0.3 is 14.6 Å². The van der Waals surface area contributed by atoms with Crippen molar-refractivity contribution in [1.29, 1.82) is 0 Å². The van der Waals surface area contributed by atoms with Crippen LogP contribution in [-0.4, -0.2) is 40.8 Å². The van der Waals surface area contributed by atoms with Crippen molar-refractivity contribution in [1.82, 2.24) is 20.4 Å². The number of piperidine rings is 1. The fourth-order valence-electron chi connectivity index (χ4n) is 3.58. The molecule has 0 radical (unpaired) electrons. The molecule has 4 rings (SSSR count). The Hall–Kier alpha value is -1.92. The van der Waals surface area contributed by atoms with Gasteiger partial charge in [0.1, 0.15) is 5.75 Å². The summed E-state index contributed by atoms with van der Waals surface area (Å²) >= 11 is 0. The van der Waals surface area contributed by atoms with E-state index < -0.39 is 0 Å². The summed E-state index contributed by atoms with van der Waals surface area (Å²) in [5.41, 5.74) is 2.68. The van der Waals surface area contributed by atoms with Gasteiger partial charge in [-0.25, -0.2) is 0 Å². The summed E-state index contributed by atoms with van der Waals surface area (Å²) in [6, 6.07) is 7.06. The summed E-state index contributed by atoms with van der Waals surface area (Å²) in [6.45, 7) is 6.46. The molecule has 2 aliphatic heterocycles. The molecule has 1 aromatic heterocycles. The lowest BCUT2D eigenvalue weighted by atomic mass is 10.0. The number of ether oxygens (including phenoxy) is 1. The number of fused-ring (bicyclic) bond motifs is 1. The van der Waals surface area contributed by atoms with Gasteiger partial charge in [0.15, 0.2) is 5.82 Å². The molecule has 3 heterocycles. The van der Waals surface area contributed by atoms with Crippen LogP contribution < -0.4 is 10.1 Å². The third kappa shape index (κ3) is 3.60. The number of hydrogen-bond donors (Lipinski definition) is 1. The molecular formula is C18H24N4O2. The highest BCUT2D eigenvalue weighted by Gasteiger charge is 2.21. The topological polar surface area (TPSA) is 63.4 Å². The molecule has 0 spiro atoms. The largest absolute Gasteiger partial charge is 0.493 e. The molecule has 1 unspecified atom stereocenters. The minimum Gasteiger partial charge on any atom is -0.493 e. The Morgan fingerprint density at radius 3 is 3.21 bits per heavy atom. The van der Waals surface area contributed by atoms with Crippen molar-refractivity contribution >= 4 is 0 Å². The van der Waals surface area contributed by atoms with Crippen LogP contribution in [0.15, 0.2) is 22.7 Å². The Kier molecular flexibility index (Phi) is 4.49. The lowest BCUT2D eigenvalue weighted by Gasteiger charge is -2.32. The predicted octanol–water partition coefficient (Wildman–Crippen LogP) is 2.07. The molecule has 0 bridgehead atoms. The second-order valence-electron chi connectivity index (χ2n) is 6.73. The van der Waals surface area contributed by atoms with E-state index in [-0.39, 0.29) is 0 Å². The minimum absolute atomic E-state index is 0.510. The van der Waals surface area contributed by atoms with Crippen LogP contribution in [0.1, 0.15) is 35.7 Å². The molecular weight excluding hydrogens is 304 g/mol. The lowest BCUT2D eigenvalue weighted by Crippen LogP contribution is -2.45. The van der Waals surface area contributed by atoms with Crippen LogP contribution in [0.3, 0.4) is 0 Å². The first-order valence-electron chi connectivity index (χ1n) is 8.76. The smallest absolute Gasteiger partial charge is 0.223 e. The molecule has 2 aromatic rings. The summed E-state index contributed by atoms with van der Waals surface area (Å²) in [7, 11) is 0. The lowest BCUT2D eigenvalue weighted by molar-refractivity contribution is 0.177. The van der Waals surface area contributed by atoms with E-state index in [0.717, 1.165) is 50.8 Å². The SMILES string of the molecule is Cc1nc(CN2CCCC(NCc3ccc4c(c3)CCO4)C2)no1. The van der Waals surface area contributed by atoms with Crippen molar-refractivity contribution in [2.45, 2.75) is 45.3 Å². The minimum atomic E-state index is 0.510.